The Morgan fingerprint density at radius 3 is 2.19 bits per heavy atom. The highest BCUT2D eigenvalue weighted by Gasteiger charge is 2.21. The Kier molecular flexibility index (Phi) is 5.96. The molecular formula is C21H25N3O3. The number of ether oxygens (including phenoxy) is 1. The molecule has 2 amide bonds. The molecular weight excluding hydrogens is 342 g/mol. The van der Waals surface area contributed by atoms with Gasteiger partial charge in [-0.15, -0.1) is 0 Å². The predicted molar refractivity (Wildman–Crippen MR) is 106 cm³/mol. The number of hydrogen-bond donors (Lipinski definition) is 1. The van der Waals surface area contributed by atoms with Crippen molar-refractivity contribution in [2.45, 2.75) is 13.8 Å². The van der Waals surface area contributed by atoms with E-state index in [0.29, 0.717) is 18.8 Å². The summed E-state index contributed by atoms with van der Waals surface area (Å²) in [6, 6.07) is 15.5. The van der Waals surface area contributed by atoms with Gasteiger partial charge in [0.25, 0.3) is 5.91 Å². The second-order valence-electron chi connectivity index (χ2n) is 6.70. The number of nitrogens with one attached hydrogen (secondary N) is 1. The van der Waals surface area contributed by atoms with E-state index in [0.717, 1.165) is 30.0 Å². The molecule has 1 aliphatic heterocycles. The first-order chi connectivity index (χ1) is 13.0. The summed E-state index contributed by atoms with van der Waals surface area (Å²) < 4.78 is 5.59. The van der Waals surface area contributed by atoms with Gasteiger partial charge in [-0.3, -0.25) is 9.59 Å². The van der Waals surface area contributed by atoms with Crippen LogP contribution in [0.3, 0.4) is 0 Å². The van der Waals surface area contributed by atoms with Crippen LogP contribution >= 0.6 is 0 Å². The van der Waals surface area contributed by atoms with Crippen LogP contribution in [0.25, 0.3) is 0 Å². The van der Waals surface area contributed by atoms with Crippen LogP contribution < -0.4 is 15.0 Å². The second-order valence-corrected chi connectivity index (χ2v) is 6.70. The SMILES string of the molecule is CC(=O)Nc1ccc(N2CCN(C(=O)COc3ccc(C)cc3)CC2)cc1. The van der Waals surface area contributed by atoms with E-state index in [2.05, 4.69) is 10.2 Å². The maximum absolute atomic E-state index is 12.4. The van der Waals surface area contributed by atoms with E-state index in [1.54, 1.807) is 0 Å². The Morgan fingerprint density at radius 2 is 1.59 bits per heavy atom. The molecule has 1 saturated heterocycles. The molecule has 1 heterocycles. The third-order valence-electron chi connectivity index (χ3n) is 4.57. The molecule has 1 N–H and O–H groups in total. The summed E-state index contributed by atoms with van der Waals surface area (Å²) in [5, 5.41) is 2.76. The van der Waals surface area contributed by atoms with Gasteiger partial charge in [-0.2, -0.15) is 0 Å². The van der Waals surface area contributed by atoms with Crippen molar-refractivity contribution in [3.63, 3.8) is 0 Å². The lowest BCUT2D eigenvalue weighted by Gasteiger charge is -2.36. The van der Waals surface area contributed by atoms with Crippen LogP contribution in [0.15, 0.2) is 48.5 Å². The highest BCUT2D eigenvalue weighted by atomic mass is 16.5. The maximum Gasteiger partial charge on any atom is 0.260 e. The molecule has 0 unspecified atom stereocenters. The number of aryl methyl sites for hydroxylation is 1. The third-order valence-corrected chi connectivity index (χ3v) is 4.57. The van der Waals surface area contributed by atoms with Crippen molar-refractivity contribution in [3.05, 3.63) is 54.1 Å². The van der Waals surface area contributed by atoms with Gasteiger partial charge in [-0.25, -0.2) is 0 Å². The summed E-state index contributed by atoms with van der Waals surface area (Å²) >= 11 is 0. The van der Waals surface area contributed by atoms with Gasteiger partial charge in [0.1, 0.15) is 5.75 Å². The summed E-state index contributed by atoms with van der Waals surface area (Å²) in [4.78, 5) is 27.5. The standard InChI is InChI=1S/C21H25N3O3/c1-16-3-9-20(10-4-16)27-15-21(26)24-13-11-23(12-14-24)19-7-5-18(6-8-19)22-17(2)25/h3-10H,11-15H2,1-2H3,(H,22,25). The molecule has 6 heteroatoms. The van der Waals surface area contributed by atoms with Crippen LogP contribution in [-0.4, -0.2) is 49.5 Å². The fourth-order valence-corrected chi connectivity index (χ4v) is 3.04. The Morgan fingerprint density at radius 1 is 0.963 bits per heavy atom. The number of anilines is 2. The Bertz CT molecular complexity index is 779. The molecule has 6 nitrogen and oxygen atoms in total. The number of piperazine rings is 1. The average molecular weight is 367 g/mol. The first-order valence-electron chi connectivity index (χ1n) is 9.11. The number of carbonyl (C=O) groups is 2. The summed E-state index contributed by atoms with van der Waals surface area (Å²) in [6.45, 7) is 6.46. The number of hydrogen-bond acceptors (Lipinski definition) is 4. The van der Waals surface area contributed by atoms with Crippen molar-refractivity contribution < 1.29 is 14.3 Å². The smallest absolute Gasteiger partial charge is 0.260 e. The van der Waals surface area contributed by atoms with Crippen LogP contribution in [-0.2, 0) is 9.59 Å². The van der Waals surface area contributed by atoms with Crippen molar-refractivity contribution in [1.29, 1.82) is 0 Å². The zero-order chi connectivity index (χ0) is 19.2. The quantitative estimate of drug-likeness (QED) is 0.883. The molecule has 0 spiro atoms. The number of rotatable bonds is 5. The fourth-order valence-electron chi connectivity index (χ4n) is 3.04. The molecule has 2 aromatic rings. The summed E-state index contributed by atoms with van der Waals surface area (Å²) in [5.74, 6) is 0.644. The predicted octanol–water partition coefficient (Wildman–Crippen LogP) is 2.68. The van der Waals surface area contributed by atoms with Gasteiger partial charge in [-0.05, 0) is 43.3 Å². The van der Waals surface area contributed by atoms with Gasteiger partial charge in [0.2, 0.25) is 5.91 Å². The molecule has 3 rings (SSSR count). The average Bonchev–Trinajstić information content (AvgIpc) is 2.67. The van der Waals surface area contributed by atoms with Crippen molar-refractivity contribution in [3.8, 4) is 5.75 Å². The fraction of sp³-hybridized carbons (Fsp3) is 0.333. The molecule has 27 heavy (non-hydrogen) atoms. The van der Waals surface area contributed by atoms with Gasteiger partial charge < -0.3 is 19.9 Å². The van der Waals surface area contributed by atoms with Crippen LogP contribution in [0.2, 0.25) is 0 Å². The van der Waals surface area contributed by atoms with Gasteiger partial charge in [0.05, 0.1) is 0 Å². The molecule has 0 aromatic heterocycles. The largest absolute Gasteiger partial charge is 0.484 e. The van der Waals surface area contributed by atoms with Crippen molar-refractivity contribution >= 4 is 23.2 Å². The molecule has 1 fully saturated rings. The molecule has 0 bridgehead atoms. The lowest BCUT2D eigenvalue weighted by Crippen LogP contribution is -2.50. The van der Waals surface area contributed by atoms with Crippen LogP contribution in [0.1, 0.15) is 12.5 Å². The van der Waals surface area contributed by atoms with E-state index >= 15 is 0 Å². The normalized spacial score (nSPS) is 14.0. The minimum Gasteiger partial charge on any atom is -0.484 e. The third kappa shape index (κ3) is 5.23. The minimum absolute atomic E-state index is 0.0104. The molecule has 0 radical (unpaired) electrons. The van der Waals surface area contributed by atoms with Gasteiger partial charge >= 0.3 is 0 Å². The van der Waals surface area contributed by atoms with E-state index in [1.165, 1.54) is 6.92 Å². The zero-order valence-electron chi connectivity index (χ0n) is 15.8. The highest BCUT2D eigenvalue weighted by molar-refractivity contribution is 5.88. The Hall–Kier alpha value is -3.02. The van der Waals surface area contributed by atoms with Crippen molar-refractivity contribution in [2.75, 3.05) is 43.0 Å². The van der Waals surface area contributed by atoms with Gasteiger partial charge in [0.15, 0.2) is 6.61 Å². The topological polar surface area (TPSA) is 61.9 Å². The monoisotopic (exact) mass is 367 g/mol. The van der Waals surface area contributed by atoms with E-state index in [1.807, 2.05) is 60.4 Å². The molecule has 0 saturated carbocycles. The first kappa shape index (κ1) is 18.8. The van der Waals surface area contributed by atoms with Gasteiger partial charge in [0, 0.05) is 44.5 Å². The Labute approximate surface area is 159 Å². The lowest BCUT2D eigenvalue weighted by atomic mass is 10.2. The number of amides is 2. The van der Waals surface area contributed by atoms with E-state index in [9.17, 15) is 9.59 Å². The zero-order valence-corrected chi connectivity index (χ0v) is 15.8. The van der Waals surface area contributed by atoms with Gasteiger partial charge in [-0.1, -0.05) is 17.7 Å². The first-order valence-corrected chi connectivity index (χ1v) is 9.11. The van der Waals surface area contributed by atoms with Crippen LogP contribution in [0.4, 0.5) is 11.4 Å². The van der Waals surface area contributed by atoms with Crippen LogP contribution in [0.5, 0.6) is 5.75 Å². The highest BCUT2D eigenvalue weighted by Crippen LogP contribution is 2.20. The van der Waals surface area contributed by atoms with Crippen molar-refractivity contribution in [2.24, 2.45) is 0 Å². The number of benzene rings is 2. The number of nitrogens with zero attached hydrogens (tertiary/aromatic N) is 2. The van der Waals surface area contributed by atoms with E-state index in [4.69, 9.17) is 4.74 Å². The molecule has 142 valence electrons. The lowest BCUT2D eigenvalue weighted by molar-refractivity contribution is -0.133. The minimum atomic E-state index is -0.0808. The van der Waals surface area contributed by atoms with Crippen molar-refractivity contribution in [1.82, 2.24) is 4.90 Å². The molecule has 1 aliphatic rings. The summed E-state index contributed by atoms with van der Waals surface area (Å²) in [6.07, 6.45) is 0. The second kappa shape index (κ2) is 8.58. The summed E-state index contributed by atoms with van der Waals surface area (Å²) in [7, 11) is 0. The molecule has 0 atom stereocenters. The van der Waals surface area contributed by atoms with E-state index in [-0.39, 0.29) is 18.4 Å². The number of carbonyl (C=O) groups excluding carboxylic acids is 2. The maximum atomic E-state index is 12.4. The van der Waals surface area contributed by atoms with Crippen LogP contribution in [0, 0.1) is 6.92 Å². The molecule has 2 aromatic carbocycles. The van der Waals surface area contributed by atoms with E-state index < -0.39 is 0 Å². The Balaban J connectivity index is 1.47. The summed E-state index contributed by atoms with van der Waals surface area (Å²) in [5.41, 5.74) is 3.04. The molecule has 0 aliphatic carbocycles.